The highest BCUT2D eigenvalue weighted by Gasteiger charge is 2.52. The maximum absolute atomic E-state index is 13.5. The lowest BCUT2D eigenvalue weighted by Gasteiger charge is -2.57. The fourth-order valence-electron chi connectivity index (χ4n) is 6.20. The van der Waals surface area contributed by atoms with E-state index in [4.69, 9.17) is 0 Å². The van der Waals surface area contributed by atoms with Gasteiger partial charge >= 0.3 is 11.9 Å². The molecule has 11 heteroatoms. The Hall–Kier alpha value is -2.37. The largest absolute Gasteiger partial charge is 0.418 e. The van der Waals surface area contributed by atoms with Crippen molar-refractivity contribution >= 4 is 11.4 Å². The molecule has 2 aromatic rings. The SMILES string of the molecule is CC(=O)N1CC(CC2NNCN2C)(C2CCCC(n3cc4c(C(F)(F)F)cccn4c3=O)C2)C1. The number of halogens is 3. The fourth-order valence-corrected chi connectivity index (χ4v) is 6.20. The van der Waals surface area contributed by atoms with Crippen LogP contribution in [0.2, 0.25) is 0 Å². The summed E-state index contributed by atoms with van der Waals surface area (Å²) in [4.78, 5) is 29.1. The molecule has 2 aromatic heterocycles. The van der Waals surface area contributed by atoms with E-state index in [1.54, 1.807) is 6.92 Å². The topological polar surface area (TPSA) is 74.0 Å². The third-order valence-corrected chi connectivity index (χ3v) is 8.12. The zero-order valence-corrected chi connectivity index (χ0v) is 19.4. The monoisotopic (exact) mass is 480 g/mol. The number of amides is 1. The summed E-state index contributed by atoms with van der Waals surface area (Å²) in [6.45, 7) is 3.67. The molecule has 3 atom stereocenters. The van der Waals surface area contributed by atoms with Gasteiger partial charge in [0.25, 0.3) is 0 Å². The second-order valence-electron chi connectivity index (χ2n) is 10.2. The van der Waals surface area contributed by atoms with E-state index < -0.39 is 17.4 Å². The van der Waals surface area contributed by atoms with E-state index >= 15 is 0 Å². The van der Waals surface area contributed by atoms with Crippen molar-refractivity contribution in [1.29, 1.82) is 0 Å². The van der Waals surface area contributed by atoms with E-state index in [0.717, 1.165) is 42.8 Å². The van der Waals surface area contributed by atoms with Crippen LogP contribution in [-0.2, 0) is 11.0 Å². The average molecular weight is 481 g/mol. The van der Waals surface area contributed by atoms with Crippen LogP contribution >= 0.6 is 0 Å². The summed E-state index contributed by atoms with van der Waals surface area (Å²) in [5, 5.41) is 0. The first-order valence-electron chi connectivity index (χ1n) is 11.8. The predicted molar refractivity (Wildman–Crippen MR) is 120 cm³/mol. The van der Waals surface area contributed by atoms with Crippen LogP contribution in [0.25, 0.3) is 5.52 Å². The molecular formula is C23H31F3N6O2. The summed E-state index contributed by atoms with van der Waals surface area (Å²) in [5.74, 6) is 0.332. The van der Waals surface area contributed by atoms with Crippen molar-refractivity contribution in [3.63, 3.8) is 0 Å². The molecule has 2 saturated heterocycles. The lowest BCUT2D eigenvalue weighted by atomic mass is 9.61. The number of pyridine rings is 1. The number of alkyl halides is 3. The lowest BCUT2D eigenvalue weighted by Crippen LogP contribution is -2.64. The third kappa shape index (κ3) is 3.93. The van der Waals surface area contributed by atoms with Crippen LogP contribution in [0.1, 0.15) is 50.6 Å². The van der Waals surface area contributed by atoms with E-state index in [-0.39, 0.29) is 35.0 Å². The molecule has 3 aliphatic rings. The van der Waals surface area contributed by atoms with Crippen LogP contribution in [0.15, 0.2) is 29.3 Å². The Labute approximate surface area is 195 Å². The molecule has 0 aromatic carbocycles. The second kappa shape index (κ2) is 8.39. The van der Waals surface area contributed by atoms with Gasteiger partial charge in [0.2, 0.25) is 5.91 Å². The Morgan fingerprint density at radius 1 is 1.26 bits per heavy atom. The number of aromatic nitrogens is 2. The molecule has 0 spiro atoms. The number of carbonyl (C=O) groups excluding carboxylic acids is 1. The number of fused-ring (bicyclic) bond motifs is 1. The first kappa shape index (κ1) is 23.4. The zero-order chi connectivity index (χ0) is 24.3. The Morgan fingerprint density at radius 2 is 2.03 bits per heavy atom. The number of hydrazine groups is 1. The van der Waals surface area contributed by atoms with Crippen molar-refractivity contribution in [3.8, 4) is 0 Å². The highest BCUT2D eigenvalue weighted by atomic mass is 19.4. The highest BCUT2D eigenvalue weighted by Crippen LogP contribution is 2.50. The minimum absolute atomic E-state index is 0.0587. The molecule has 1 amide bonds. The van der Waals surface area contributed by atoms with Gasteiger partial charge in [0.1, 0.15) is 0 Å². The van der Waals surface area contributed by atoms with Gasteiger partial charge in [-0.2, -0.15) is 13.2 Å². The van der Waals surface area contributed by atoms with Gasteiger partial charge in [-0.25, -0.2) is 15.6 Å². The smallest absolute Gasteiger partial charge is 0.342 e. The highest BCUT2D eigenvalue weighted by molar-refractivity contribution is 5.74. The van der Waals surface area contributed by atoms with Crippen molar-refractivity contribution in [2.45, 2.75) is 57.4 Å². The molecule has 186 valence electrons. The Morgan fingerprint density at radius 3 is 2.68 bits per heavy atom. The van der Waals surface area contributed by atoms with Crippen LogP contribution in [0, 0.1) is 11.3 Å². The summed E-state index contributed by atoms with van der Waals surface area (Å²) in [6.07, 6.45) is 2.61. The fraction of sp³-hybridized carbons (Fsp3) is 0.652. The molecule has 3 unspecified atom stereocenters. The number of nitrogens with one attached hydrogen (secondary N) is 2. The molecule has 1 aliphatic carbocycles. The molecule has 2 N–H and O–H groups in total. The number of rotatable bonds is 4. The molecule has 1 saturated carbocycles. The van der Waals surface area contributed by atoms with Crippen LogP contribution in [0.4, 0.5) is 13.2 Å². The van der Waals surface area contributed by atoms with Crippen LogP contribution in [-0.4, -0.2) is 57.6 Å². The van der Waals surface area contributed by atoms with Gasteiger partial charge in [0.15, 0.2) is 0 Å². The van der Waals surface area contributed by atoms with Crippen LogP contribution in [0.5, 0.6) is 0 Å². The molecule has 5 rings (SSSR count). The molecule has 0 bridgehead atoms. The summed E-state index contributed by atoms with van der Waals surface area (Å²) in [6, 6.07) is 2.12. The van der Waals surface area contributed by atoms with E-state index in [1.807, 2.05) is 11.9 Å². The first-order valence-corrected chi connectivity index (χ1v) is 11.8. The quantitative estimate of drug-likeness (QED) is 0.703. The molecular weight excluding hydrogens is 449 g/mol. The lowest BCUT2D eigenvalue weighted by molar-refractivity contribution is -0.149. The Kier molecular flexibility index (Phi) is 5.77. The molecule has 4 heterocycles. The van der Waals surface area contributed by atoms with Crippen molar-refractivity contribution in [2.24, 2.45) is 11.3 Å². The summed E-state index contributed by atoms with van der Waals surface area (Å²) in [5.41, 5.74) is 5.06. The molecule has 8 nitrogen and oxygen atoms in total. The average Bonchev–Trinajstić information content (AvgIpc) is 3.32. The van der Waals surface area contributed by atoms with E-state index in [1.165, 1.54) is 23.0 Å². The second-order valence-corrected chi connectivity index (χ2v) is 10.2. The number of hydrogen-bond acceptors (Lipinski definition) is 5. The van der Waals surface area contributed by atoms with Gasteiger partial charge in [-0.05, 0) is 50.8 Å². The molecule has 2 aliphatic heterocycles. The molecule has 34 heavy (non-hydrogen) atoms. The Bertz CT molecular complexity index is 1140. The van der Waals surface area contributed by atoms with Gasteiger partial charge in [-0.3, -0.25) is 18.7 Å². The number of imidazole rings is 1. The molecule has 3 fully saturated rings. The number of hydrogen-bond donors (Lipinski definition) is 2. The normalized spacial score (nSPS) is 27.8. The third-order valence-electron chi connectivity index (χ3n) is 8.12. The minimum Gasteiger partial charge on any atom is -0.342 e. The summed E-state index contributed by atoms with van der Waals surface area (Å²) in [7, 11) is 2.04. The Balaban J connectivity index is 1.43. The maximum Gasteiger partial charge on any atom is 0.418 e. The van der Waals surface area contributed by atoms with Crippen molar-refractivity contribution < 1.29 is 18.0 Å². The van der Waals surface area contributed by atoms with Gasteiger partial charge in [0, 0.05) is 43.9 Å². The summed E-state index contributed by atoms with van der Waals surface area (Å²) >= 11 is 0. The number of nitrogens with zero attached hydrogens (tertiary/aromatic N) is 4. The van der Waals surface area contributed by atoms with Crippen LogP contribution in [0.3, 0.4) is 0 Å². The van der Waals surface area contributed by atoms with Crippen molar-refractivity contribution in [2.75, 3.05) is 26.8 Å². The number of carbonyl (C=O) groups is 1. The van der Waals surface area contributed by atoms with E-state index in [9.17, 15) is 22.8 Å². The number of likely N-dealkylation sites (tertiary alicyclic amines) is 1. The van der Waals surface area contributed by atoms with E-state index in [2.05, 4.69) is 15.8 Å². The molecule has 0 radical (unpaired) electrons. The van der Waals surface area contributed by atoms with Crippen LogP contribution < -0.4 is 16.5 Å². The summed E-state index contributed by atoms with van der Waals surface area (Å²) < 4.78 is 43.2. The van der Waals surface area contributed by atoms with E-state index in [0.29, 0.717) is 19.5 Å². The van der Waals surface area contributed by atoms with Gasteiger partial charge in [-0.15, -0.1) is 0 Å². The van der Waals surface area contributed by atoms with Gasteiger partial charge in [-0.1, -0.05) is 6.42 Å². The van der Waals surface area contributed by atoms with Gasteiger partial charge in [0.05, 0.1) is 23.9 Å². The van der Waals surface area contributed by atoms with Gasteiger partial charge < -0.3 is 4.90 Å². The predicted octanol–water partition coefficient (Wildman–Crippen LogP) is 2.41. The van der Waals surface area contributed by atoms with Crippen molar-refractivity contribution in [1.82, 2.24) is 29.6 Å². The first-order chi connectivity index (χ1) is 16.1. The standard InChI is InChI=1S/C23H31F3N6O2/c1-15(33)30-12-22(13-30,10-20-28-27-14-29(20)2)16-5-3-6-17(9-16)32-11-19-18(23(24,25)26)7-4-8-31(19)21(32)34/h4,7-8,11,16-17,20,27-28H,3,5-6,9-10,12-14H2,1-2H3. The van der Waals surface area contributed by atoms with Crippen molar-refractivity contribution in [3.05, 3.63) is 40.6 Å². The zero-order valence-electron chi connectivity index (χ0n) is 19.4. The minimum atomic E-state index is -4.53. The maximum atomic E-state index is 13.5.